The predicted octanol–water partition coefficient (Wildman–Crippen LogP) is 3.63. The number of fused-ring (bicyclic) bond motifs is 1. The van der Waals surface area contributed by atoms with Crippen LogP contribution in [0.2, 0.25) is 0 Å². The second-order valence-electron chi connectivity index (χ2n) is 5.65. The van der Waals surface area contributed by atoms with Crippen molar-refractivity contribution in [2.45, 2.75) is 19.3 Å². The predicted molar refractivity (Wildman–Crippen MR) is 89.9 cm³/mol. The van der Waals surface area contributed by atoms with Crippen LogP contribution >= 0.6 is 0 Å². The number of nitrogens with one attached hydrogen (secondary N) is 2. The molecular weight excluding hydrogens is 272 g/mol. The van der Waals surface area contributed by atoms with Crippen LogP contribution in [0.25, 0.3) is 10.9 Å². The maximum atomic E-state index is 12.2. The molecule has 2 aromatic carbocycles. The molecule has 1 unspecified atom stereocenters. The second kappa shape index (κ2) is 6.48. The summed E-state index contributed by atoms with van der Waals surface area (Å²) in [5.41, 5.74) is 3.36. The van der Waals surface area contributed by atoms with Crippen molar-refractivity contribution in [1.82, 2.24) is 10.3 Å². The first-order chi connectivity index (χ1) is 10.7. The summed E-state index contributed by atoms with van der Waals surface area (Å²) in [7, 11) is 0. The van der Waals surface area contributed by atoms with Crippen LogP contribution < -0.4 is 5.32 Å². The van der Waals surface area contributed by atoms with Crippen molar-refractivity contribution in [3.05, 3.63) is 71.9 Å². The van der Waals surface area contributed by atoms with Crippen molar-refractivity contribution in [1.29, 1.82) is 0 Å². The lowest BCUT2D eigenvalue weighted by atomic mass is 10.0. The standard InChI is InChI=1S/C19H20N2O/c1-14(15-7-3-2-4-8-15)12-21-19(22)11-16-13-20-18-10-6-5-9-17(16)18/h2-10,13-14,20H,11-12H2,1H3,(H,21,22). The van der Waals surface area contributed by atoms with Crippen molar-refractivity contribution in [2.24, 2.45) is 0 Å². The van der Waals surface area contributed by atoms with Crippen molar-refractivity contribution in [2.75, 3.05) is 6.54 Å². The molecule has 0 aliphatic carbocycles. The summed E-state index contributed by atoms with van der Waals surface area (Å²) >= 11 is 0. The van der Waals surface area contributed by atoms with E-state index in [0.29, 0.717) is 18.9 Å². The highest BCUT2D eigenvalue weighted by Gasteiger charge is 2.10. The third-order valence-corrected chi connectivity index (χ3v) is 4.00. The zero-order chi connectivity index (χ0) is 15.4. The Hall–Kier alpha value is -2.55. The van der Waals surface area contributed by atoms with E-state index in [-0.39, 0.29) is 5.91 Å². The fourth-order valence-electron chi connectivity index (χ4n) is 2.68. The largest absolute Gasteiger partial charge is 0.361 e. The van der Waals surface area contributed by atoms with Gasteiger partial charge in [0.05, 0.1) is 6.42 Å². The molecule has 3 aromatic rings. The van der Waals surface area contributed by atoms with Gasteiger partial charge in [0.15, 0.2) is 0 Å². The minimum Gasteiger partial charge on any atom is -0.361 e. The number of para-hydroxylation sites is 1. The molecule has 3 rings (SSSR count). The summed E-state index contributed by atoms with van der Waals surface area (Å²) in [6.45, 7) is 2.78. The van der Waals surface area contributed by atoms with Gasteiger partial charge in [-0.1, -0.05) is 55.5 Å². The number of rotatable bonds is 5. The molecule has 22 heavy (non-hydrogen) atoms. The SMILES string of the molecule is CC(CNC(=O)Cc1c[nH]c2ccccc12)c1ccccc1. The van der Waals surface area contributed by atoms with Gasteiger partial charge in [-0.3, -0.25) is 4.79 Å². The summed E-state index contributed by atoms with van der Waals surface area (Å²) < 4.78 is 0. The minimum absolute atomic E-state index is 0.0625. The first-order valence-electron chi connectivity index (χ1n) is 7.60. The molecular formula is C19H20N2O. The number of hydrogen-bond donors (Lipinski definition) is 2. The first-order valence-corrected chi connectivity index (χ1v) is 7.60. The molecule has 2 N–H and O–H groups in total. The number of carbonyl (C=O) groups is 1. The second-order valence-corrected chi connectivity index (χ2v) is 5.65. The number of benzene rings is 2. The van der Waals surface area contributed by atoms with Crippen LogP contribution in [0.1, 0.15) is 24.0 Å². The van der Waals surface area contributed by atoms with E-state index in [1.807, 2.05) is 48.7 Å². The lowest BCUT2D eigenvalue weighted by Crippen LogP contribution is -2.28. The third kappa shape index (κ3) is 3.19. The van der Waals surface area contributed by atoms with Gasteiger partial charge in [-0.15, -0.1) is 0 Å². The van der Waals surface area contributed by atoms with Crippen LogP contribution in [0.15, 0.2) is 60.8 Å². The highest BCUT2D eigenvalue weighted by atomic mass is 16.1. The summed E-state index contributed by atoms with van der Waals surface area (Å²) in [5, 5.41) is 4.15. The van der Waals surface area contributed by atoms with E-state index < -0.39 is 0 Å². The monoisotopic (exact) mass is 292 g/mol. The fraction of sp³-hybridized carbons (Fsp3) is 0.211. The number of aromatic amines is 1. The van der Waals surface area contributed by atoms with Crippen molar-refractivity contribution in [3.63, 3.8) is 0 Å². The smallest absolute Gasteiger partial charge is 0.224 e. The molecule has 3 nitrogen and oxygen atoms in total. The normalized spacial score (nSPS) is 12.2. The molecule has 0 aliphatic heterocycles. The summed E-state index contributed by atoms with van der Waals surface area (Å²) in [6, 6.07) is 18.3. The van der Waals surface area contributed by atoms with Gasteiger partial charge >= 0.3 is 0 Å². The zero-order valence-electron chi connectivity index (χ0n) is 12.7. The fourth-order valence-corrected chi connectivity index (χ4v) is 2.68. The Balaban J connectivity index is 1.59. The van der Waals surface area contributed by atoms with Crippen molar-refractivity contribution >= 4 is 16.8 Å². The molecule has 0 aliphatic rings. The van der Waals surface area contributed by atoms with E-state index in [0.717, 1.165) is 16.5 Å². The molecule has 1 amide bonds. The van der Waals surface area contributed by atoms with Crippen LogP contribution in [0.3, 0.4) is 0 Å². The molecule has 1 atom stereocenters. The first kappa shape index (κ1) is 14.4. The van der Waals surface area contributed by atoms with E-state index in [1.165, 1.54) is 5.56 Å². The highest BCUT2D eigenvalue weighted by Crippen LogP contribution is 2.18. The zero-order valence-corrected chi connectivity index (χ0v) is 12.7. The van der Waals surface area contributed by atoms with E-state index in [2.05, 4.69) is 29.4 Å². The molecule has 0 fully saturated rings. The lowest BCUT2D eigenvalue weighted by molar-refractivity contribution is -0.120. The van der Waals surface area contributed by atoms with E-state index in [9.17, 15) is 4.79 Å². The lowest BCUT2D eigenvalue weighted by Gasteiger charge is -2.13. The van der Waals surface area contributed by atoms with Crippen molar-refractivity contribution in [3.8, 4) is 0 Å². The molecule has 1 heterocycles. The topological polar surface area (TPSA) is 44.9 Å². The maximum Gasteiger partial charge on any atom is 0.224 e. The average molecular weight is 292 g/mol. The Morgan fingerprint density at radius 3 is 2.64 bits per heavy atom. The average Bonchev–Trinajstić information content (AvgIpc) is 2.97. The molecule has 0 saturated heterocycles. The van der Waals surface area contributed by atoms with Gasteiger partial charge in [-0.2, -0.15) is 0 Å². The molecule has 0 spiro atoms. The van der Waals surface area contributed by atoms with Gasteiger partial charge in [0.25, 0.3) is 0 Å². The Bertz CT molecular complexity index is 761. The van der Waals surface area contributed by atoms with Crippen molar-refractivity contribution < 1.29 is 4.79 Å². The maximum absolute atomic E-state index is 12.2. The van der Waals surface area contributed by atoms with Crippen LogP contribution in [0.4, 0.5) is 0 Å². The molecule has 3 heteroatoms. The van der Waals surface area contributed by atoms with E-state index >= 15 is 0 Å². The Morgan fingerprint density at radius 1 is 1.09 bits per heavy atom. The van der Waals surface area contributed by atoms with Crippen LogP contribution in [-0.2, 0) is 11.2 Å². The number of amides is 1. The molecule has 1 aromatic heterocycles. The Morgan fingerprint density at radius 2 is 1.82 bits per heavy atom. The van der Waals surface area contributed by atoms with Crippen LogP contribution in [0, 0.1) is 0 Å². The highest BCUT2D eigenvalue weighted by molar-refractivity contribution is 5.88. The molecule has 0 radical (unpaired) electrons. The number of carbonyl (C=O) groups excluding carboxylic acids is 1. The molecule has 112 valence electrons. The van der Waals surface area contributed by atoms with Crippen LogP contribution in [-0.4, -0.2) is 17.4 Å². The third-order valence-electron chi connectivity index (χ3n) is 4.00. The summed E-state index contributed by atoms with van der Waals surface area (Å²) in [5.74, 6) is 0.376. The van der Waals surface area contributed by atoms with Gasteiger partial charge in [0.1, 0.15) is 0 Å². The Kier molecular flexibility index (Phi) is 4.24. The molecule has 0 saturated carbocycles. The van der Waals surface area contributed by atoms with Gasteiger partial charge in [0, 0.05) is 23.6 Å². The number of aromatic nitrogens is 1. The van der Waals surface area contributed by atoms with Gasteiger partial charge in [-0.25, -0.2) is 0 Å². The Labute approximate surface area is 130 Å². The van der Waals surface area contributed by atoms with Gasteiger partial charge in [-0.05, 0) is 23.1 Å². The quantitative estimate of drug-likeness (QED) is 0.741. The minimum atomic E-state index is 0.0625. The summed E-state index contributed by atoms with van der Waals surface area (Å²) in [6.07, 6.45) is 2.33. The van der Waals surface area contributed by atoms with Crippen LogP contribution in [0.5, 0.6) is 0 Å². The van der Waals surface area contributed by atoms with Gasteiger partial charge in [0.2, 0.25) is 5.91 Å². The summed E-state index contributed by atoms with van der Waals surface area (Å²) in [4.78, 5) is 15.4. The number of hydrogen-bond acceptors (Lipinski definition) is 1. The molecule has 0 bridgehead atoms. The van der Waals surface area contributed by atoms with Gasteiger partial charge < -0.3 is 10.3 Å². The van der Waals surface area contributed by atoms with E-state index in [4.69, 9.17) is 0 Å². The van der Waals surface area contributed by atoms with E-state index in [1.54, 1.807) is 0 Å². The number of H-pyrrole nitrogens is 1.